The van der Waals surface area contributed by atoms with Gasteiger partial charge in [0, 0.05) is 44.1 Å². The van der Waals surface area contributed by atoms with Crippen LogP contribution in [0.25, 0.3) is 87.9 Å². The van der Waals surface area contributed by atoms with Crippen LogP contribution in [0.15, 0.2) is 192 Å². The van der Waals surface area contributed by atoms with Crippen LogP contribution in [0.2, 0.25) is 0 Å². The summed E-state index contributed by atoms with van der Waals surface area (Å²) >= 11 is 0. The van der Waals surface area contributed by atoms with Crippen molar-refractivity contribution in [2.75, 3.05) is 4.90 Å². The summed E-state index contributed by atoms with van der Waals surface area (Å²) in [6.07, 6.45) is 0. The van der Waals surface area contributed by atoms with E-state index in [0.717, 1.165) is 27.6 Å². The van der Waals surface area contributed by atoms with Crippen LogP contribution in [-0.4, -0.2) is 11.3 Å². The summed E-state index contributed by atoms with van der Waals surface area (Å²) in [7, 11) is 0. The number of hydrogen-bond donors (Lipinski definition) is 0. The summed E-state index contributed by atoms with van der Waals surface area (Å²) in [5, 5.41) is 7.40. The monoisotopic (exact) mass is 710 g/mol. The van der Waals surface area contributed by atoms with Crippen LogP contribution in [0.5, 0.6) is 0 Å². The summed E-state index contributed by atoms with van der Waals surface area (Å²) in [5.74, 6) is 0. The van der Waals surface area contributed by atoms with E-state index in [1.807, 2.05) is 0 Å². The van der Waals surface area contributed by atoms with Crippen molar-refractivity contribution >= 4 is 89.4 Å². The fourth-order valence-corrected chi connectivity index (χ4v) is 10.0. The Morgan fingerprint density at radius 1 is 0.446 bits per heavy atom. The van der Waals surface area contributed by atoms with Crippen molar-refractivity contribution in [1.29, 1.82) is 0 Å². The van der Waals surface area contributed by atoms with Gasteiger partial charge in [-0.15, -0.1) is 0 Å². The Morgan fingerprint density at radius 3 is 1.95 bits per heavy atom. The molecule has 56 heavy (non-hydrogen) atoms. The first kappa shape index (κ1) is 30.1. The summed E-state index contributed by atoms with van der Waals surface area (Å²) in [4.78, 5) is 2.52. The maximum absolute atomic E-state index is 6.81. The molecule has 2 aromatic heterocycles. The lowest BCUT2D eigenvalue weighted by atomic mass is 9.44. The van der Waals surface area contributed by atoms with Gasteiger partial charge in [-0.25, -0.2) is 0 Å². The Kier molecular flexibility index (Phi) is 5.98. The smallest absolute Gasteiger partial charge is 0.333 e. The van der Waals surface area contributed by atoms with Crippen LogP contribution in [0.4, 0.5) is 17.1 Å². The van der Waals surface area contributed by atoms with Crippen LogP contribution < -0.4 is 15.8 Å². The van der Waals surface area contributed by atoms with Crippen molar-refractivity contribution < 1.29 is 4.42 Å². The fraction of sp³-hybridized carbons (Fsp3) is 0. The standard InChI is InChI=1S/C52H31BN2O/c1-3-12-32(13-4-1)34-22-26-37(27-23-34)54-44-28-25-36(33-14-5-2-6-15-33)30-43(44)53-50-42(31-47-49(52(50)54)40-18-9-10-21-46(40)56-47)39-19-11-20-41-48-38-17-8-7-16-35(38)24-29-45(48)55(53)51(39)41/h1-31H. The van der Waals surface area contributed by atoms with Crippen molar-refractivity contribution in [3.8, 4) is 33.4 Å². The first-order chi connectivity index (χ1) is 27.8. The third-order valence-corrected chi connectivity index (χ3v) is 12.3. The van der Waals surface area contributed by atoms with E-state index in [0.29, 0.717) is 0 Å². The molecule has 0 saturated heterocycles. The van der Waals surface area contributed by atoms with Gasteiger partial charge < -0.3 is 13.8 Å². The first-order valence-corrected chi connectivity index (χ1v) is 19.4. The minimum Gasteiger partial charge on any atom is -0.456 e. The minimum absolute atomic E-state index is 0.0902. The van der Waals surface area contributed by atoms with Gasteiger partial charge >= 0.3 is 6.85 Å². The molecule has 0 amide bonds. The Morgan fingerprint density at radius 2 is 1.12 bits per heavy atom. The maximum atomic E-state index is 6.81. The van der Waals surface area contributed by atoms with Gasteiger partial charge in [0.25, 0.3) is 0 Å². The highest BCUT2D eigenvalue weighted by atomic mass is 16.3. The van der Waals surface area contributed by atoms with E-state index in [4.69, 9.17) is 4.42 Å². The van der Waals surface area contributed by atoms with Gasteiger partial charge in [-0.3, -0.25) is 0 Å². The van der Waals surface area contributed by atoms with E-state index in [2.05, 4.69) is 197 Å². The van der Waals surface area contributed by atoms with Gasteiger partial charge in [0.2, 0.25) is 0 Å². The second kappa shape index (κ2) is 11.1. The molecule has 9 aromatic carbocycles. The van der Waals surface area contributed by atoms with Crippen molar-refractivity contribution in [2.24, 2.45) is 0 Å². The summed E-state index contributed by atoms with van der Waals surface area (Å²) in [6, 6.07) is 68.9. The molecule has 0 fully saturated rings. The number of nitrogens with zero attached hydrogens (tertiary/aromatic N) is 2. The van der Waals surface area contributed by atoms with Crippen molar-refractivity contribution in [1.82, 2.24) is 4.48 Å². The van der Waals surface area contributed by atoms with Crippen LogP contribution in [0, 0.1) is 0 Å². The van der Waals surface area contributed by atoms with Crippen LogP contribution in [0.1, 0.15) is 0 Å². The zero-order chi connectivity index (χ0) is 36.5. The SMILES string of the molecule is c1ccc(-c2ccc(N3c4ccc(-c5ccccc5)cc4B4c5c(cc6oc7ccccc7c6c53)-c3cccc5c6c7ccccc7ccc6n4c35)cc2)cc1. The van der Waals surface area contributed by atoms with E-state index in [-0.39, 0.29) is 6.85 Å². The molecule has 0 bridgehead atoms. The molecule has 0 spiro atoms. The number of anilines is 3. The molecule has 0 unspecified atom stereocenters. The zero-order valence-electron chi connectivity index (χ0n) is 30.3. The number of aromatic nitrogens is 1. The predicted octanol–water partition coefficient (Wildman–Crippen LogP) is 12.6. The number of fused-ring (bicyclic) bond motifs is 13. The lowest BCUT2D eigenvalue weighted by Crippen LogP contribution is -2.56. The fourth-order valence-electron chi connectivity index (χ4n) is 10.0. The molecule has 2 aliphatic rings. The number of para-hydroxylation sites is 2. The quantitative estimate of drug-likeness (QED) is 0.170. The van der Waals surface area contributed by atoms with Crippen LogP contribution >= 0.6 is 0 Å². The van der Waals surface area contributed by atoms with E-state index < -0.39 is 0 Å². The van der Waals surface area contributed by atoms with Crippen LogP contribution in [-0.2, 0) is 0 Å². The second-order valence-corrected chi connectivity index (χ2v) is 15.2. The first-order valence-electron chi connectivity index (χ1n) is 19.4. The van der Waals surface area contributed by atoms with Crippen molar-refractivity contribution in [3.63, 3.8) is 0 Å². The van der Waals surface area contributed by atoms with E-state index >= 15 is 0 Å². The number of furan rings is 1. The molecular formula is C52H31BN2O. The van der Waals surface area contributed by atoms with Gasteiger partial charge in [0.15, 0.2) is 0 Å². The molecule has 0 atom stereocenters. The largest absolute Gasteiger partial charge is 0.456 e. The minimum atomic E-state index is -0.0902. The molecule has 11 aromatic rings. The summed E-state index contributed by atoms with van der Waals surface area (Å²) in [6.45, 7) is -0.0902. The van der Waals surface area contributed by atoms with Crippen LogP contribution in [0.3, 0.4) is 0 Å². The lowest BCUT2D eigenvalue weighted by molar-refractivity contribution is 0.669. The molecule has 4 heteroatoms. The summed E-state index contributed by atoms with van der Waals surface area (Å²) in [5.41, 5.74) is 17.7. The van der Waals surface area contributed by atoms with Gasteiger partial charge in [-0.1, -0.05) is 152 Å². The van der Waals surface area contributed by atoms with E-state index in [1.54, 1.807) is 0 Å². The molecule has 3 nitrogen and oxygen atoms in total. The Hall–Kier alpha value is -7.30. The Balaban J connectivity index is 1.20. The molecule has 0 aliphatic carbocycles. The topological polar surface area (TPSA) is 21.3 Å². The van der Waals surface area contributed by atoms with E-state index in [1.165, 1.54) is 88.3 Å². The molecule has 258 valence electrons. The van der Waals surface area contributed by atoms with Crippen molar-refractivity contribution in [3.05, 3.63) is 188 Å². The molecule has 0 radical (unpaired) electrons. The highest BCUT2D eigenvalue weighted by Gasteiger charge is 2.44. The average molecular weight is 711 g/mol. The third-order valence-electron chi connectivity index (χ3n) is 12.3. The maximum Gasteiger partial charge on any atom is 0.333 e. The molecular weight excluding hydrogens is 679 g/mol. The Bertz CT molecular complexity index is 3420. The normalized spacial score (nSPS) is 12.9. The third kappa shape index (κ3) is 3.97. The van der Waals surface area contributed by atoms with Crippen molar-refractivity contribution in [2.45, 2.75) is 0 Å². The molecule has 2 aliphatic heterocycles. The molecule has 0 N–H and O–H groups in total. The highest BCUT2D eigenvalue weighted by Crippen LogP contribution is 2.50. The predicted molar refractivity (Wildman–Crippen MR) is 236 cm³/mol. The number of hydrogen-bond acceptors (Lipinski definition) is 2. The highest BCUT2D eigenvalue weighted by molar-refractivity contribution is 6.90. The number of benzene rings is 9. The van der Waals surface area contributed by atoms with E-state index in [9.17, 15) is 0 Å². The summed E-state index contributed by atoms with van der Waals surface area (Å²) < 4.78 is 9.48. The Labute approximate surface area is 323 Å². The lowest BCUT2D eigenvalue weighted by Gasteiger charge is -2.41. The van der Waals surface area contributed by atoms with Gasteiger partial charge in [0.1, 0.15) is 11.2 Å². The molecule has 4 heterocycles. The van der Waals surface area contributed by atoms with Gasteiger partial charge in [-0.05, 0) is 85.9 Å². The second-order valence-electron chi connectivity index (χ2n) is 15.2. The van der Waals surface area contributed by atoms with Gasteiger partial charge in [-0.2, -0.15) is 0 Å². The molecule has 0 saturated carbocycles. The average Bonchev–Trinajstić information content (AvgIpc) is 3.82. The molecule has 13 rings (SSSR count). The zero-order valence-corrected chi connectivity index (χ0v) is 30.3. The van der Waals surface area contributed by atoms with Gasteiger partial charge in [0.05, 0.1) is 11.1 Å². The number of rotatable bonds is 3.